The van der Waals surface area contributed by atoms with Crippen molar-refractivity contribution in [2.45, 2.75) is 90.8 Å². The van der Waals surface area contributed by atoms with E-state index >= 15 is 0 Å². The van der Waals surface area contributed by atoms with Gasteiger partial charge in [0, 0.05) is 45.4 Å². The number of carbonyl (C=O) groups is 2. The zero-order chi connectivity index (χ0) is 38.8. The number of nitrogens with zero attached hydrogens (tertiary/aromatic N) is 5. The van der Waals surface area contributed by atoms with E-state index in [2.05, 4.69) is 25.2 Å². The van der Waals surface area contributed by atoms with Crippen LogP contribution in [0.4, 0.5) is 19.1 Å². The second-order valence-corrected chi connectivity index (χ2v) is 15.6. The average molecular weight is 767 g/mol. The Labute approximate surface area is 321 Å². The number of hydrogen-bond acceptors (Lipinski definition) is 10. The molecule has 6 bridgehead atoms. The molecule has 0 spiro atoms. The van der Waals surface area contributed by atoms with Gasteiger partial charge in [-0.15, -0.1) is 0 Å². The molecule has 1 aromatic heterocycles. The molecule has 0 unspecified atom stereocenters. The lowest BCUT2D eigenvalue weighted by molar-refractivity contribution is -0.154. The van der Waals surface area contributed by atoms with Crippen LogP contribution >= 0.6 is 0 Å². The van der Waals surface area contributed by atoms with Crippen LogP contribution in [-0.2, 0) is 17.8 Å². The summed E-state index contributed by atoms with van der Waals surface area (Å²) < 4.78 is 56.5. The molecule has 4 heterocycles. The van der Waals surface area contributed by atoms with E-state index in [0.717, 1.165) is 44.5 Å². The number of rotatable bonds is 10. The van der Waals surface area contributed by atoms with E-state index < -0.39 is 18.8 Å². The van der Waals surface area contributed by atoms with Crippen LogP contribution in [0.2, 0.25) is 0 Å². The maximum Gasteiger partial charge on any atom is 0.422 e. The molecule has 2 fully saturated rings. The molecule has 0 atom stereocenters. The van der Waals surface area contributed by atoms with Gasteiger partial charge in [-0.2, -0.15) is 28.1 Å². The SMILES string of the molecule is CC(C)CC(=O)N1CCCOc2ccc(cc2)CNc2nc(nc(OCC(F)(F)F)n2)Cc2ccc(C(=O)CCC3(CN4CCCC4)CC3)c(c2)OCCC1. The Morgan fingerprint density at radius 1 is 0.909 bits per heavy atom. The highest BCUT2D eigenvalue weighted by Gasteiger charge is 2.44. The molecular weight excluding hydrogens is 713 g/mol. The number of amides is 1. The Bertz CT molecular complexity index is 1750. The standard InChI is InChI=1S/C41H53F3N6O5/c1-29(2)23-37(52)50-19-5-21-53-32-10-7-30(8-11-32)26-45-38-46-36(47-39(48-38)55-28-41(42,43)44)25-31-9-12-33(35(24-31)54-22-6-20-50)34(51)13-14-40(15-16-40)27-49-17-3-4-18-49/h7-12,24,29H,3-6,13-23,25-28H2,1-2H3,(H,45,46,47,48). The molecule has 4 aliphatic rings. The first-order chi connectivity index (χ1) is 26.4. The van der Waals surface area contributed by atoms with Crippen LogP contribution in [0.3, 0.4) is 0 Å². The molecule has 55 heavy (non-hydrogen) atoms. The maximum absolute atomic E-state index is 13.8. The minimum Gasteiger partial charge on any atom is -0.494 e. The quantitative estimate of drug-likeness (QED) is 0.211. The van der Waals surface area contributed by atoms with Crippen LogP contribution < -0.4 is 19.5 Å². The summed E-state index contributed by atoms with van der Waals surface area (Å²) in [7, 11) is 0. The van der Waals surface area contributed by atoms with Gasteiger partial charge in [0.15, 0.2) is 12.4 Å². The van der Waals surface area contributed by atoms with Gasteiger partial charge in [-0.05, 0) is 105 Å². The molecule has 14 heteroatoms. The van der Waals surface area contributed by atoms with Gasteiger partial charge in [0.2, 0.25) is 11.9 Å². The van der Waals surface area contributed by atoms with E-state index in [-0.39, 0.29) is 54.4 Å². The number of anilines is 1. The molecule has 1 aliphatic carbocycles. The van der Waals surface area contributed by atoms with E-state index in [4.69, 9.17) is 14.2 Å². The van der Waals surface area contributed by atoms with E-state index in [1.54, 1.807) is 18.2 Å². The fraction of sp³-hybridized carbons (Fsp3) is 0.585. The zero-order valence-corrected chi connectivity index (χ0v) is 32.0. The number of ketones is 1. The van der Waals surface area contributed by atoms with E-state index in [9.17, 15) is 22.8 Å². The highest BCUT2D eigenvalue weighted by Crippen LogP contribution is 2.51. The lowest BCUT2D eigenvalue weighted by Gasteiger charge is -2.24. The average Bonchev–Trinajstić information content (AvgIpc) is 3.72. The largest absolute Gasteiger partial charge is 0.494 e. The Morgan fingerprint density at radius 3 is 2.31 bits per heavy atom. The Balaban J connectivity index is 1.25. The third kappa shape index (κ3) is 12.5. The predicted octanol–water partition coefficient (Wildman–Crippen LogP) is 7.28. The first-order valence-electron chi connectivity index (χ1n) is 19.6. The Kier molecular flexibility index (Phi) is 13.5. The van der Waals surface area contributed by atoms with Gasteiger partial charge in [-0.25, -0.2) is 0 Å². The van der Waals surface area contributed by atoms with Crippen molar-refractivity contribution in [1.82, 2.24) is 24.8 Å². The molecule has 1 saturated heterocycles. The molecule has 7 rings (SSSR count). The highest BCUT2D eigenvalue weighted by atomic mass is 19.4. The number of benzene rings is 2. The lowest BCUT2D eigenvalue weighted by atomic mass is 9.94. The van der Waals surface area contributed by atoms with E-state index in [1.807, 2.05) is 43.0 Å². The van der Waals surface area contributed by atoms with Crippen LogP contribution in [0.15, 0.2) is 42.5 Å². The number of likely N-dealkylation sites (tertiary alicyclic amines) is 1. The molecule has 1 amide bonds. The molecule has 3 aliphatic heterocycles. The molecule has 1 saturated carbocycles. The second-order valence-electron chi connectivity index (χ2n) is 15.6. The van der Waals surface area contributed by atoms with Crippen LogP contribution in [-0.4, -0.2) is 95.2 Å². The number of hydrogen-bond donors (Lipinski definition) is 1. The van der Waals surface area contributed by atoms with Crippen molar-refractivity contribution in [3.8, 4) is 17.5 Å². The van der Waals surface area contributed by atoms with Crippen molar-refractivity contribution in [2.75, 3.05) is 57.9 Å². The molecule has 298 valence electrons. The predicted molar refractivity (Wildman–Crippen MR) is 202 cm³/mol. The summed E-state index contributed by atoms with van der Waals surface area (Å²) in [6.07, 6.45) is 3.16. The van der Waals surface area contributed by atoms with Crippen LogP contribution in [0.5, 0.6) is 17.5 Å². The third-order valence-corrected chi connectivity index (χ3v) is 10.3. The van der Waals surface area contributed by atoms with Gasteiger partial charge in [0.25, 0.3) is 0 Å². The van der Waals surface area contributed by atoms with Gasteiger partial charge in [0.05, 0.1) is 18.8 Å². The van der Waals surface area contributed by atoms with Crippen molar-refractivity contribution >= 4 is 17.6 Å². The second kappa shape index (κ2) is 18.4. The van der Waals surface area contributed by atoms with Crippen molar-refractivity contribution in [2.24, 2.45) is 11.3 Å². The smallest absolute Gasteiger partial charge is 0.422 e. The van der Waals surface area contributed by atoms with Crippen molar-refractivity contribution in [3.05, 3.63) is 65.0 Å². The molecular formula is C41H53F3N6O5. The summed E-state index contributed by atoms with van der Waals surface area (Å²) in [6.45, 7) is 7.82. The summed E-state index contributed by atoms with van der Waals surface area (Å²) in [5.74, 6) is 1.65. The Morgan fingerprint density at radius 2 is 1.62 bits per heavy atom. The van der Waals surface area contributed by atoms with Crippen molar-refractivity contribution < 1.29 is 37.0 Å². The summed E-state index contributed by atoms with van der Waals surface area (Å²) in [5.41, 5.74) is 2.25. The first-order valence-corrected chi connectivity index (χ1v) is 19.6. The fourth-order valence-electron chi connectivity index (χ4n) is 7.18. The monoisotopic (exact) mass is 766 g/mol. The summed E-state index contributed by atoms with van der Waals surface area (Å²) in [4.78, 5) is 44.2. The van der Waals surface area contributed by atoms with Crippen LogP contribution in [0.25, 0.3) is 0 Å². The lowest BCUT2D eigenvalue weighted by Crippen LogP contribution is -2.35. The number of aromatic nitrogens is 3. The fourth-order valence-corrected chi connectivity index (χ4v) is 7.18. The number of carbonyl (C=O) groups excluding carboxylic acids is 2. The summed E-state index contributed by atoms with van der Waals surface area (Å²) in [6, 6.07) is 12.3. The van der Waals surface area contributed by atoms with Gasteiger partial charge in [0.1, 0.15) is 17.3 Å². The number of halogens is 3. The molecule has 2 aromatic carbocycles. The van der Waals surface area contributed by atoms with Gasteiger partial charge in [-0.1, -0.05) is 32.0 Å². The Hall–Kier alpha value is -4.46. The summed E-state index contributed by atoms with van der Waals surface area (Å²) in [5, 5.41) is 3.08. The summed E-state index contributed by atoms with van der Waals surface area (Å²) >= 11 is 0. The molecule has 0 radical (unpaired) electrons. The van der Waals surface area contributed by atoms with Crippen molar-refractivity contribution in [1.29, 1.82) is 0 Å². The topological polar surface area (TPSA) is 119 Å². The third-order valence-electron chi connectivity index (χ3n) is 10.3. The molecule has 11 nitrogen and oxygen atoms in total. The van der Waals surface area contributed by atoms with Crippen LogP contribution in [0.1, 0.15) is 98.9 Å². The highest BCUT2D eigenvalue weighted by molar-refractivity contribution is 5.98. The van der Waals surface area contributed by atoms with Gasteiger partial charge in [-0.3, -0.25) is 9.59 Å². The number of alkyl halides is 3. The minimum absolute atomic E-state index is 0.00618. The normalized spacial score (nSPS) is 18.0. The number of ether oxygens (including phenoxy) is 3. The molecule has 1 N–H and O–H groups in total. The van der Waals surface area contributed by atoms with Gasteiger partial charge < -0.3 is 29.3 Å². The molecule has 3 aromatic rings. The number of Topliss-reactive ketones (excluding diaryl/α,β-unsaturated/α-hetero) is 1. The number of fused-ring (bicyclic) bond motifs is 11. The van der Waals surface area contributed by atoms with Crippen LogP contribution in [0, 0.1) is 11.3 Å². The van der Waals surface area contributed by atoms with E-state index in [0.29, 0.717) is 68.0 Å². The van der Waals surface area contributed by atoms with E-state index in [1.165, 1.54) is 12.8 Å². The minimum atomic E-state index is -4.58. The zero-order valence-electron chi connectivity index (χ0n) is 32.0. The maximum atomic E-state index is 13.8. The van der Waals surface area contributed by atoms with Crippen molar-refractivity contribution in [3.63, 3.8) is 0 Å². The number of nitrogens with one attached hydrogen (secondary N) is 1. The first kappa shape index (κ1) is 40.2. The van der Waals surface area contributed by atoms with Gasteiger partial charge >= 0.3 is 12.2 Å².